The molecular weight excluding hydrogens is 280 g/mol. The van der Waals surface area contributed by atoms with Gasteiger partial charge >= 0.3 is 0 Å². The molecule has 2 rings (SSSR count). The molecule has 0 unspecified atom stereocenters. The smallest absolute Gasteiger partial charge is 0.222 e. The van der Waals surface area contributed by atoms with Gasteiger partial charge in [0.2, 0.25) is 5.91 Å². The van der Waals surface area contributed by atoms with Crippen molar-refractivity contribution in [1.82, 2.24) is 4.90 Å². The molecule has 2 N–H and O–H groups in total. The number of methoxy groups -OCH3 is 1. The minimum absolute atomic E-state index is 0.0659. The molecule has 0 saturated carbocycles. The Morgan fingerprint density at radius 2 is 1.82 bits per heavy atom. The van der Waals surface area contributed by atoms with E-state index in [-0.39, 0.29) is 17.7 Å². The Bertz CT molecular complexity index is 505. The second-order valence-electron chi connectivity index (χ2n) is 5.72. The van der Waals surface area contributed by atoms with E-state index in [1.807, 2.05) is 4.90 Å². The van der Waals surface area contributed by atoms with Crippen LogP contribution in [0.15, 0.2) is 24.3 Å². The first kappa shape index (κ1) is 16.5. The van der Waals surface area contributed by atoms with E-state index in [4.69, 9.17) is 10.5 Å². The number of likely N-dealkylation sites (tertiary alicyclic amines) is 1. The second kappa shape index (κ2) is 7.94. The molecule has 0 atom stereocenters. The third kappa shape index (κ3) is 4.56. The van der Waals surface area contributed by atoms with Crippen molar-refractivity contribution in [3.8, 4) is 5.75 Å². The van der Waals surface area contributed by atoms with Gasteiger partial charge in [0.15, 0.2) is 5.78 Å². The van der Waals surface area contributed by atoms with E-state index in [1.165, 1.54) is 0 Å². The average Bonchev–Trinajstić information content (AvgIpc) is 2.55. The van der Waals surface area contributed by atoms with Crippen molar-refractivity contribution in [2.24, 2.45) is 5.73 Å². The molecule has 1 aromatic rings. The van der Waals surface area contributed by atoms with Crippen LogP contribution in [-0.4, -0.2) is 42.8 Å². The first-order valence-electron chi connectivity index (χ1n) is 7.80. The number of benzene rings is 1. The molecule has 1 fully saturated rings. The van der Waals surface area contributed by atoms with E-state index >= 15 is 0 Å². The summed E-state index contributed by atoms with van der Waals surface area (Å²) in [5, 5.41) is 0. The average molecular weight is 304 g/mol. The van der Waals surface area contributed by atoms with Crippen molar-refractivity contribution in [3.05, 3.63) is 29.8 Å². The first-order chi connectivity index (χ1) is 10.6. The summed E-state index contributed by atoms with van der Waals surface area (Å²) in [6, 6.07) is 7.29. The van der Waals surface area contributed by atoms with Gasteiger partial charge in [0.1, 0.15) is 5.75 Å². The zero-order chi connectivity index (χ0) is 15.9. The number of ketones is 1. The number of Topliss-reactive ketones (excluding diaryl/α,β-unsaturated/α-hetero) is 1. The Hall–Kier alpha value is -1.88. The van der Waals surface area contributed by atoms with Crippen LogP contribution in [-0.2, 0) is 4.79 Å². The van der Waals surface area contributed by atoms with Gasteiger partial charge in [0.25, 0.3) is 0 Å². The Kier molecular flexibility index (Phi) is 5.95. The molecule has 1 saturated heterocycles. The number of amides is 1. The second-order valence-corrected chi connectivity index (χ2v) is 5.72. The van der Waals surface area contributed by atoms with Crippen molar-refractivity contribution in [2.75, 3.05) is 20.2 Å². The number of ether oxygens (including phenoxy) is 1. The normalized spacial score (nSPS) is 15.6. The molecule has 1 aromatic carbocycles. The van der Waals surface area contributed by atoms with E-state index in [1.54, 1.807) is 31.4 Å². The molecule has 1 heterocycles. The molecule has 120 valence electrons. The lowest BCUT2D eigenvalue weighted by Crippen LogP contribution is -2.42. The minimum Gasteiger partial charge on any atom is -0.497 e. The van der Waals surface area contributed by atoms with Gasteiger partial charge in [-0.25, -0.2) is 0 Å². The first-order valence-corrected chi connectivity index (χ1v) is 7.80. The van der Waals surface area contributed by atoms with Crippen LogP contribution in [0, 0.1) is 0 Å². The molecule has 5 nitrogen and oxygen atoms in total. The molecule has 1 aliphatic rings. The van der Waals surface area contributed by atoms with Gasteiger partial charge in [-0.3, -0.25) is 9.59 Å². The highest BCUT2D eigenvalue weighted by atomic mass is 16.5. The van der Waals surface area contributed by atoms with Gasteiger partial charge in [0, 0.05) is 37.5 Å². The Labute approximate surface area is 131 Å². The summed E-state index contributed by atoms with van der Waals surface area (Å²) in [5.74, 6) is 0.931. The Morgan fingerprint density at radius 3 is 2.41 bits per heavy atom. The number of carbonyl (C=O) groups excluding carboxylic acids is 2. The van der Waals surface area contributed by atoms with Crippen molar-refractivity contribution >= 4 is 11.7 Å². The molecule has 22 heavy (non-hydrogen) atoms. The molecule has 1 aliphatic heterocycles. The monoisotopic (exact) mass is 304 g/mol. The van der Waals surface area contributed by atoms with Crippen LogP contribution in [0.25, 0.3) is 0 Å². The number of piperidine rings is 1. The lowest BCUT2D eigenvalue weighted by molar-refractivity contribution is -0.132. The zero-order valence-corrected chi connectivity index (χ0v) is 13.1. The summed E-state index contributed by atoms with van der Waals surface area (Å²) < 4.78 is 5.07. The van der Waals surface area contributed by atoms with Crippen LogP contribution in [0.5, 0.6) is 5.75 Å². The molecule has 0 bridgehead atoms. The van der Waals surface area contributed by atoms with E-state index in [2.05, 4.69) is 0 Å². The fraction of sp³-hybridized carbons (Fsp3) is 0.529. The van der Waals surface area contributed by atoms with Crippen LogP contribution in [0.2, 0.25) is 0 Å². The van der Waals surface area contributed by atoms with E-state index in [9.17, 15) is 9.59 Å². The maximum Gasteiger partial charge on any atom is 0.222 e. The van der Waals surface area contributed by atoms with E-state index < -0.39 is 0 Å². The maximum atomic E-state index is 12.1. The van der Waals surface area contributed by atoms with Crippen LogP contribution >= 0.6 is 0 Å². The van der Waals surface area contributed by atoms with Gasteiger partial charge < -0.3 is 15.4 Å². The zero-order valence-electron chi connectivity index (χ0n) is 13.1. The number of rotatable bonds is 6. The Balaban J connectivity index is 1.73. The molecule has 0 aromatic heterocycles. The topological polar surface area (TPSA) is 72.6 Å². The van der Waals surface area contributed by atoms with Crippen molar-refractivity contribution < 1.29 is 14.3 Å². The number of nitrogens with zero attached hydrogens (tertiary/aromatic N) is 1. The Morgan fingerprint density at radius 1 is 1.18 bits per heavy atom. The fourth-order valence-corrected chi connectivity index (χ4v) is 2.63. The molecule has 1 amide bonds. The van der Waals surface area contributed by atoms with Crippen LogP contribution < -0.4 is 10.5 Å². The number of hydrogen-bond donors (Lipinski definition) is 1. The van der Waals surface area contributed by atoms with Gasteiger partial charge in [-0.15, -0.1) is 0 Å². The minimum atomic E-state index is 0.0659. The van der Waals surface area contributed by atoms with Crippen LogP contribution in [0.3, 0.4) is 0 Å². The highest BCUT2D eigenvalue weighted by molar-refractivity contribution is 5.96. The third-order valence-electron chi connectivity index (χ3n) is 4.10. The van der Waals surface area contributed by atoms with Crippen LogP contribution in [0.4, 0.5) is 0 Å². The van der Waals surface area contributed by atoms with E-state index in [0.717, 1.165) is 31.7 Å². The number of carbonyl (C=O) groups is 2. The third-order valence-corrected chi connectivity index (χ3v) is 4.10. The summed E-state index contributed by atoms with van der Waals surface area (Å²) in [5.41, 5.74) is 6.49. The van der Waals surface area contributed by atoms with Gasteiger partial charge in [-0.05, 0) is 43.5 Å². The summed E-state index contributed by atoms with van der Waals surface area (Å²) >= 11 is 0. The largest absolute Gasteiger partial charge is 0.497 e. The summed E-state index contributed by atoms with van der Waals surface area (Å²) in [6.45, 7) is 1.48. The van der Waals surface area contributed by atoms with Crippen molar-refractivity contribution in [1.29, 1.82) is 0 Å². The molecule has 0 spiro atoms. The molecule has 0 radical (unpaired) electrons. The van der Waals surface area contributed by atoms with Crippen LogP contribution in [0.1, 0.15) is 42.5 Å². The van der Waals surface area contributed by atoms with Gasteiger partial charge in [-0.2, -0.15) is 0 Å². The number of nitrogens with two attached hydrogens (primary N) is 1. The van der Waals surface area contributed by atoms with Crippen molar-refractivity contribution in [2.45, 2.75) is 38.1 Å². The quantitative estimate of drug-likeness (QED) is 0.816. The van der Waals surface area contributed by atoms with E-state index in [0.29, 0.717) is 24.8 Å². The van der Waals surface area contributed by atoms with Crippen molar-refractivity contribution in [3.63, 3.8) is 0 Å². The standard InChI is InChI=1S/C17H24N2O3/c1-22-15-7-5-13(6-8-15)16(20)3-2-4-17(21)19-11-9-14(18)10-12-19/h5-8,14H,2-4,9-12,18H2,1H3. The lowest BCUT2D eigenvalue weighted by atomic mass is 10.0. The predicted molar refractivity (Wildman–Crippen MR) is 85.0 cm³/mol. The van der Waals surface area contributed by atoms with Gasteiger partial charge in [0.05, 0.1) is 7.11 Å². The summed E-state index contributed by atoms with van der Waals surface area (Å²) in [7, 11) is 1.59. The molecular formula is C17H24N2O3. The maximum absolute atomic E-state index is 12.1. The summed E-state index contributed by atoms with van der Waals surface area (Å²) in [4.78, 5) is 26.0. The highest BCUT2D eigenvalue weighted by Crippen LogP contribution is 2.15. The SMILES string of the molecule is COc1ccc(C(=O)CCCC(=O)N2CCC(N)CC2)cc1. The molecule has 5 heteroatoms. The lowest BCUT2D eigenvalue weighted by Gasteiger charge is -2.30. The molecule has 0 aliphatic carbocycles. The highest BCUT2D eigenvalue weighted by Gasteiger charge is 2.20. The van der Waals surface area contributed by atoms with Gasteiger partial charge in [-0.1, -0.05) is 0 Å². The number of hydrogen-bond acceptors (Lipinski definition) is 4. The fourth-order valence-electron chi connectivity index (χ4n) is 2.63. The summed E-state index contributed by atoms with van der Waals surface area (Å²) in [6.07, 6.45) is 3.15. The predicted octanol–water partition coefficient (Wildman–Crippen LogP) is 2.00.